The quantitative estimate of drug-likeness (QED) is 0.786. The van der Waals surface area contributed by atoms with Crippen molar-refractivity contribution in [1.29, 1.82) is 0 Å². The maximum atomic E-state index is 15.4. The average Bonchev–Trinajstić information content (AvgIpc) is 2.68. The Labute approximate surface area is 160 Å². The lowest BCUT2D eigenvalue weighted by atomic mass is 9.77. The Kier molecular flexibility index (Phi) is 5.00. The zero-order chi connectivity index (χ0) is 20.7. The Balaban J connectivity index is 2.07. The minimum Gasteiger partial charge on any atom is -0.359 e. The van der Waals surface area contributed by atoms with Crippen LogP contribution in [-0.2, 0) is 21.5 Å². The van der Waals surface area contributed by atoms with Crippen LogP contribution in [0.4, 0.5) is 17.6 Å². The lowest BCUT2D eigenvalue weighted by Crippen LogP contribution is -2.62. The van der Waals surface area contributed by atoms with Gasteiger partial charge in [0.25, 0.3) is 0 Å². The number of hydrogen-bond donors (Lipinski definition) is 1. The predicted molar refractivity (Wildman–Crippen MR) is 96.1 cm³/mol. The molecule has 0 radical (unpaired) electrons. The first-order chi connectivity index (χ1) is 13.0. The molecule has 28 heavy (non-hydrogen) atoms. The van der Waals surface area contributed by atoms with Crippen LogP contribution in [-0.4, -0.2) is 24.0 Å². The second kappa shape index (κ2) is 6.88. The molecule has 150 valence electrons. The van der Waals surface area contributed by atoms with Gasteiger partial charge in [0.1, 0.15) is 29.4 Å². The van der Waals surface area contributed by atoms with Gasteiger partial charge in [-0.05, 0) is 62.6 Å². The number of carbonyl (C=O) groups excluding carboxylic acids is 1. The Morgan fingerprint density at radius 3 is 2.25 bits per heavy atom. The molecule has 1 atom stereocenters. The number of carbonyl (C=O) groups is 1. The van der Waals surface area contributed by atoms with E-state index in [1.54, 1.807) is 12.1 Å². The van der Waals surface area contributed by atoms with E-state index >= 15 is 8.78 Å². The fourth-order valence-corrected chi connectivity index (χ4v) is 3.47. The van der Waals surface area contributed by atoms with Gasteiger partial charge in [-0.1, -0.05) is 18.2 Å². The van der Waals surface area contributed by atoms with Gasteiger partial charge in [0.05, 0.1) is 0 Å². The Bertz CT molecular complexity index is 896. The van der Waals surface area contributed by atoms with Crippen LogP contribution < -0.4 is 5.32 Å². The third-order valence-electron chi connectivity index (χ3n) is 5.23. The molecule has 2 aromatic rings. The van der Waals surface area contributed by atoms with Crippen molar-refractivity contribution in [1.82, 2.24) is 5.32 Å². The van der Waals surface area contributed by atoms with Crippen molar-refractivity contribution in [2.45, 2.75) is 44.3 Å². The lowest BCUT2D eigenvalue weighted by molar-refractivity contribution is -0.216. The van der Waals surface area contributed by atoms with Crippen molar-refractivity contribution >= 4 is 5.91 Å². The lowest BCUT2D eigenvalue weighted by Gasteiger charge is -2.43. The zero-order valence-corrected chi connectivity index (χ0v) is 15.8. The van der Waals surface area contributed by atoms with Crippen LogP contribution in [0.15, 0.2) is 42.5 Å². The van der Waals surface area contributed by atoms with Crippen LogP contribution in [0.2, 0.25) is 0 Å². The smallest absolute Gasteiger partial charge is 0.302 e. The molecule has 3 nitrogen and oxygen atoms in total. The molecule has 0 spiro atoms. The molecule has 0 bridgehead atoms. The van der Waals surface area contributed by atoms with E-state index in [9.17, 15) is 13.6 Å². The molecule has 0 unspecified atom stereocenters. The summed E-state index contributed by atoms with van der Waals surface area (Å²) in [5.41, 5.74) is -3.35. The van der Waals surface area contributed by atoms with Gasteiger partial charge in [0.2, 0.25) is 5.91 Å². The van der Waals surface area contributed by atoms with Crippen LogP contribution in [0.1, 0.15) is 37.5 Å². The van der Waals surface area contributed by atoms with E-state index in [2.05, 4.69) is 5.32 Å². The number of halogens is 4. The Morgan fingerprint density at radius 2 is 1.61 bits per heavy atom. The monoisotopic (exact) mass is 395 g/mol. The van der Waals surface area contributed by atoms with E-state index in [1.807, 2.05) is 0 Å². The molecule has 1 N–H and O–H groups in total. The molecule has 0 saturated carbocycles. The van der Waals surface area contributed by atoms with Crippen molar-refractivity contribution in [3.63, 3.8) is 0 Å². The standard InChI is InChI=1S/C21H21F4NO2/c1-19(2)21(24,25)20(3,26-18(27)12-28-19)16-11-14(6-9-17(16)23)10-13-4-7-15(22)8-5-13/h4-9,11H,10,12H2,1-3H3,(H,26,27)/t20-/m1/s1. The summed E-state index contributed by atoms with van der Waals surface area (Å²) in [7, 11) is 0. The third kappa shape index (κ3) is 3.39. The van der Waals surface area contributed by atoms with Gasteiger partial charge in [-0.3, -0.25) is 4.79 Å². The molecule has 0 aliphatic carbocycles. The molecular formula is C21H21F4NO2. The molecule has 7 heteroatoms. The van der Waals surface area contributed by atoms with Gasteiger partial charge in [0, 0.05) is 5.56 Å². The van der Waals surface area contributed by atoms with Crippen LogP contribution in [0, 0.1) is 11.6 Å². The maximum absolute atomic E-state index is 15.4. The first-order valence-corrected chi connectivity index (χ1v) is 8.82. The van der Waals surface area contributed by atoms with E-state index in [-0.39, 0.29) is 11.4 Å². The fourth-order valence-electron chi connectivity index (χ4n) is 3.47. The molecule has 1 saturated heterocycles. The summed E-state index contributed by atoms with van der Waals surface area (Å²) < 4.78 is 63.6. The first kappa shape index (κ1) is 20.3. The highest BCUT2D eigenvalue weighted by Crippen LogP contribution is 2.48. The van der Waals surface area contributed by atoms with Gasteiger partial charge in [-0.15, -0.1) is 0 Å². The van der Waals surface area contributed by atoms with Crippen LogP contribution in [0.3, 0.4) is 0 Å². The predicted octanol–water partition coefficient (Wildman–Crippen LogP) is 4.33. The molecular weight excluding hydrogens is 374 g/mol. The van der Waals surface area contributed by atoms with E-state index < -0.39 is 35.4 Å². The van der Waals surface area contributed by atoms with Crippen molar-refractivity contribution in [3.8, 4) is 0 Å². The van der Waals surface area contributed by atoms with Crippen LogP contribution >= 0.6 is 0 Å². The molecule has 1 heterocycles. The van der Waals surface area contributed by atoms with Crippen molar-refractivity contribution in [3.05, 3.63) is 70.8 Å². The SMILES string of the molecule is CC1(C)OCC(=O)N[C@](C)(c2cc(Cc3ccc(F)cc3)ccc2F)C1(F)F. The summed E-state index contributed by atoms with van der Waals surface area (Å²) >= 11 is 0. The van der Waals surface area contributed by atoms with Crippen LogP contribution in [0.5, 0.6) is 0 Å². The molecule has 1 amide bonds. The van der Waals surface area contributed by atoms with E-state index in [0.717, 1.165) is 18.6 Å². The van der Waals surface area contributed by atoms with Crippen LogP contribution in [0.25, 0.3) is 0 Å². The van der Waals surface area contributed by atoms with Crippen molar-refractivity contribution < 1.29 is 27.1 Å². The number of benzene rings is 2. The minimum absolute atomic E-state index is 0.295. The van der Waals surface area contributed by atoms with E-state index in [0.29, 0.717) is 12.0 Å². The number of rotatable bonds is 3. The number of hydrogen-bond acceptors (Lipinski definition) is 2. The summed E-state index contributed by atoms with van der Waals surface area (Å²) in [6.45, 7) is 2.90. The number of nitrogens with one attached hydrogen (secondary N) is 1. The maximum Gasteiger partial charge on any atom is 0.302 e. The number of alkyl halides is 2. The highest BCUT2D eigenvalue weighted by Gasteiger charge is 2.64. The summed E-state index contributed by atoms with van der Waals surface area (Å²) in [4.78, 5) is 12.0. The molecule has 1 aliphatic rings. The van der Waals surface area contributed by atoms with Gasteiger partial charge in [0.15, 0.2) is 0 Å². The highest BCUT2D eigenvalue weighted by atomic mass is 19.3. The fraction of sp³-hybridized carbons (Fsp3) is 0.381. The number of amides is 1. The molecule has 1 aliphatic heterocycles. The topological polar surface area (TPSA) is 38.3 Å². The third-order valence-corrected chi connectivity index (χ3v) is 5.23. The molecule has 3 rings (SSSR count). The Hall–Kier alpha value is -2.41. The van der Waals surface area contributed by atoms with E-state index in [4.69, 9.17) is 4.74 Å². The molecule has 1 fully saturated rings. The van der Waals surface area contributed by atoms with Crippen molar-refractivity contribution in [2.24, 2.45) is 0 Å². The van der Waals surface area contributed by atoms with E-state index in [1.165, 1.54) is 38.1 Å². The summed E-state index contributed by atoms with van der Waals surface area (Å²) in [5.74, 6) is -5.61. The largest absolute Gasteiger partial charge is 0.359 e. The van der Waals surface area contributed by atoms with Crippen molar-refractivity contribution in [2.75, 3.05) is 6.61 Å². The van der Waals surface area contributed by atoms with Gasteiger partial charge in [-0.2, -0.15) is 0 Å². The summed E-state index contributed by atoms with van der Waals surface area (Å²) in [5, 5.41) is 2.25. The summed E-state index contributed by atoms with van der Waals surface area (Å²) in [6.07, 6.45) is 0.295. The molecule has 2 aromatic carbocycles. The number of ether oxygens (including phenoxy) is 1. The van der Waals surface area contributed by atoms with Gasteiger partial charge < -0.3 is 10.1 Å². The zero-order valence-electron chi connectivity index (χ0n) is 15.8. The molecule has 0 aromatic heterocycles. The average molecular weight is 395 g/mol. The van der Waals surface area contributed by atoms with Gasteiger partial charge >= 0.3 is 5.92 Å². The minimum atomic E-state index is -3.61. The second-order valence-electron chi connectivity index (χ2n) is 7.66. The second-order valence-corrected chi connectivity index (χ2v) is 7.66. The normalized spacial score (nSPS) is 23.8. The van der Waals surface area contributed by atoms with Gasteiger partial charge in [-0.25, -0.2) is 17.6 Å². The summed E-state index contributed by atoms with van der Waals surface area (Å²) in [6, 6.07) is 9.61. The highest BCUT2D eigenvalue weighted by molar-refractivity contribution is 5.79. The Morgan fingerprint density at radius 1 is 1.00 bits per heavy atom. The first-order valence-electron chi connectivity index (χ1n) is 8.82.